The second-order valence-corrected chi connectivity index (χ2v) is 7.64. The fourth-order valence-electron chi connectivity index (χ4n) is 5.78. The molecule has 4 aliphatic rings. The van der Waals surface area contributed by atoms with Crippen molar-refractivity contribution in [2.24, 2.45) is 23.2 Å². The molecule has 0 spiro atoms. The van der Waals surface area contributed by atoms with Crippen LogP contribution in [0.1, 0.15) is 49.0 Å². The van der Waals surface area contributed by atoms with Gasteiger partial charge in [-0.2, -0.15) is 5.10 Å². The highest BCUT2D eigenvalue weighted by Gasteiger charge is 2.55. The van der Waals surface area contributed by atoms with Gasteiger partial charge in [-0.25, -0.2) is 0 Å². The zero-order valence-electron chi connectivity index (χ0n) is 12.1. The second kappa shape index (κ2) is 3.96. The molecule has 0 aliphatic heterocycles. The first-order valence-electron chi connectivity index (χ1n) is 8.21. The number of nitrogens with zero attached hydrogens (tertiary/aromatic N) is 1. The summed E-state index contributed by atoms with van der Waals surface area (Å²) in [5, 5.41) is 8.41. The van der Waals surface area contributed by atoms with Crippen molar-refractivity contribution in [3.63, 3.8) is 0 Å². The molecule has 1 aromatic heterocycles. The molecular formula is C18H20N2O. The summed E-state index contributed by atoms with van der Waals surface area (Å²) in [6.45, 7) is 0. The Morgan fingerprint density at radius 2 is 1.67 bits per heavy atom. The van der Waals surface area contributed by atoms with E-state index in [0.717, 1.165) is 47.9 Å². The van der Waals surface area contributed by atoms with Crippen LogP contribution in [0.2, 0.25) is 0 Å². The Hall–Kier alpha value is -1.64. The molecule has 3 heteroatoms. The van der Waals surface area contributed by atoms with E-state index in [-0.39, 0.29) is 5.41 Å². The largest absolute Gasteiger partial charge is 0.292 e. The van der Waals surface area contributed by atoms with E-state index in [4.69, 9.17) is 0 Å². The lowest BCUT2D eigenvalue weighted by Gasteiger charge is -2.55. The predicted octanol–water partition coefficient (Wildman–Crippen LogP) is 3.96. The number of benzene rings is 1. The Bertz CT molecular complexity index is 694. The topological polar surface area (TPSA) is 45.8 Å². The molecule has 1 aromatic carbocycles. The molecule has 4 aliphatic carbocycles. The first-order valence-corrected chi connectivity index (χ1v) is 8.21. The molecule has 6 rings (SSSR count). The SMILES string of the molecule is O=C(c1n[nH]c2ccccc12)C12CC3CC(CC(C3)C1)C2. The van der Waals surface area contributed by atoms with Crippen LogP contribution < -0.4 is 0 Å². The van der Waals surface area contributed by atoms with Gasteiger partial charge in [0.25, 0.3) is 0 Å². The zero-order valence-corrected chi connectivity index (χ0v) is 12.1. The van der Waals surface area contributed by atoms with Crippen molar-refractivity contribution >= 4 is 16.7 Å². The van der Waals surface area contributed by atoms with E-state index >= 15 is 0 Å². The van der Waals surface area contributed by atoms with Crippen molar-refractivity contribution < 1.29 is 4.79 Å². The Morgan fingerprint density at radius 1 is 1.05 bits per heavy atom. The first kappa shape index (κ1) is 12.0. The van der Waals surface area contributed by atoms with Gasteiger partial charge in [-0.15, -0.1) is 0 Å². The average molecular weight is 280 g/mol. The number of aromatic nitrogens is 2. The molecule has 108 valence electrons. The number of aromatic amines is 1. The average Bonchev–Trinajstić information content (AvgIpc) is 2.89. The minimum absolute atomic E-state index is 0.0906. The van der Waals surface area contributed by atoms with E-state index in [9.17, 15) is 4.79 Å². The molecule has 4 bridgehead atoms. The normalized spacial score (nSPS) is 37.2. The summed E-state index contributed by atoms with van der Waals surface area (Å²) < 4.78 is 0. The number of Topliss-reactive ketones (excluding diaryl/α,β-unsaturated/α-hetero) is 1. The van der Waals surface area contributed by atoms with Gasteiger partial charge in [0.05, 0.1) is 5.52 Å². The molecular weight excluding hydrogens is 260 g/mol. The van der Waals surface area contributed by atoms with E-state index < -0.39 is 0 Å². The number of fused-ring (bicyclic) bond motifs is 1. The van der Waals surface area contributed by atoms with E-state index in [1.54, 1.807) is 0 Å². The highest BCUT2D eigenvalue weighted by Crippen LogP contribution is 2.61. The third-order valence-corrected chi connectivity index (χ3v) is 6.21. The quantitative estimate of drug-likeness (QED) is 0.846. The van der Waals surface area contributed by atoms with Crippen LogP contribution in [0.4, 0.5) is 0 Å². The van der Waals surface area contributed by atoms with Crippen molar-refractivity contribution in [3.05, 3.63) is 30.0 Å². The number of ketones is 1. The van der Waals surface area contributed by atoms with Gasteiger partial charge in [0.15, 0.2) is 5.78 Å². The molecule has 4 fully saturated rings. The van der Waals surface area contributed by atoms with Crippen LogP contribution in [0.15, 0.2) is 24.3 Å². The van der Waals surface area contributed by atoms with Gasteiger partial charge in [0, 0.05) is 10.8 Å². The van der Waals surface area contributed by atoms with Crippen LogP contribution in [-0.4, -0.2) is 16.0 Å². The molecule has 1 heterocycles. The van der Waals surface area contributed by atoms with Crippen molar-refractivity contribution in [2.45, 2.75) is 38.5 Å². The number of hydrogen-bond acceptors (Lipinski definition) is 2. The van der Waals surface area contributed by atoms with Gasteiger partial charge in [-0.3, -0.25) is 9.89 Å². The van der Waals surface area contributed by atoms with Crippen molar-refractivity contribution in [1.82, 2.24) is 10.2 Å². The van der Waals surface area contributed by atoms with E-state index in [0.29, 0.717) is 11.5 Å². The second-order valence-electron chi connectivity index (χ2n) is 7.64. The first-order chi connectivity index (χ1) is 10.2. The van der Waals surface area contributed by atoms with Crippen LogP contribution >= 0.6 is 0 Å². The molecule has 0 radical (unpaired) electrons. The van der Waals surface area contributed by atoms with Gasteiger partial charge in [0.1, 0.15) is 5.69 Å². The van der Waals surface area contributed by atoms with Gasteiger partial charge in [-0.1, -0.05) is 18.2 Å². The summed E-state index contributed by atoms with van der Waals surface area (Å²) in [7, 11) is 0. The fraction of sp³-hybridized carbons (Fsp3) is 0.556. The maximum atomic E-state index is 13.3. The van der Waals surface area contributed by atoms with Gasteiger partial charge in [0.2, 0.25) is 0 Å². The molecule has 0 atom stereocenters. The lowest BCUT2D eigenvalue weighted by Crippen LogP contribution is -2.50. The summed E-state index contributed by atoms with van der Waals surface area (Å²) in [5.41, 5.74) is 1.57. The van der Waals surface area contributed by atoms with E-state index in [2.05, 4.69) is 10.2 Å². The van der Waals surface area contributed by atoms with Gasteiger partial charge >= 0.3 is 0 Å². The van der Waals surface area contributed by atoms with Crippen molar-refractivity contribution in [1.29, 1.82) is 0 Å². The predicted molar refractivity (Wildman–Crippen MR) is 81.0 cm³/mol. The number of rotatable bonds is 2. The number of carbonyl (C=O) groups excluding carboxylic acids is 1. The number of hydrogen-bond donors (Lipinski definition) is 1. The van der Waals surface area contributed by atoms with Crippen LogP contribution in [0, 0.1) is 23.2 Å². The van der Waals surface area contributed by atoms with Crippen molar-refractivity contribution in [3.8, 4) is 0 Å². The maximum Gasteiger partial charge on any atom is 0.189 e. The fourth-order valence-corrected chi connectivity index (χ4v) is 5.78. The smallest absolute Gasteiger partial charge is 0.189 e. The van der Waals surface area contributed by atoms with Crippen LogP contribution in [0.5, 0.6) is 0 Å². The molecule has 1 N–H and O–H groups in total. The molecule has 21 heavy (non-hydrogen) atoms. The monoisotopic (exact) mass is 280 g/mol. The third-order valence-electron chi connectivity index (χ3n) is 6.21. The molecule has 2 aromatic rings. The van der Waals surface area contributed by atoms with E-state index in [1.165, 1.54) is 19.3 Å². The van der Waals surface area contributed by atoms with Crippen LogP contribution in [0.25, 0.3) is 10.9 Å². The summed E-state index contributed by atoms with van der Waals surface area (Å²) in [6.07, 6.45) is 7.44. The molecule has 3 nitrogen and oxygen atoms in total. The van der Waals surface area contributed by atoms with Crippen LogP contribution in [0.3, 0.4) is 0 Å². The summed E-state index contributed by atoms with van der Waals surface area (Å²) in [5.74, 6) is 2.71. The zero-order chi connectivity index (χ0) is 14.0. The minimum atomic E-state index is -0.0906. The van der Waals surface area contributed by atoms with Crippen LogP contribution in [-0.2, 0) is 0 Å². The Balaban J connectivity index is 1.59. The highest BCUT2D eigenvalue weighted by molar-refractivity contribution is 6.08. The van der Waals surface area contributed by atoms with E-state index in [1.807, 2.05) is 24.3 Å². The maximum absolute atomic E-state index is 13.3. The molecule has 4 saturated carbocycles. The Kier molecular flexibility index (Phi) is 2.26. The number of para-hydroxylation sites is 1. The van der Waals surface area contributed by atoms with Gasteiger partial charge < -0.3 is 0 Å². The third kappa shape index (κ3) is 1.60. The Labute approximate surface area is 124 Å². The number of H-pyrrole nitrogens is 1. The number of carbonyl (C=O) groups is 1. The van der Waals surface area contributed by atoms with Gasteiger partial charge in [-0.05, 0) is 62.3 Å². The molecule has 0 amide bonds. The number of nitrogens with one attached hydrogen (secondary N) is 1. The van der Waals surface area contributed by atoms with Crippen molar-refractivity contribution in [2.75, 3.05) is 0 Å². The minimum Gasteiger partial charge on any atom is -0.292 e. The molecule has 0 unspecified atom stereocenters. The summed E-state index contributed by atoms with van der Waals surface area (Å²) in [4.78, 5) is 13.3. The summed E-state index contributed by atoms with van der Waals surface area (Å²) in [6, 6.07) is 8.00. The Morgan fingerprint density at radius 3 is 2.33 bits per heavy atom. The molecule has 0 saturated heterocycles. The summed E-state index contributed by atoms with van der Waals surface area (Å²) >= 11 is 0. The lowest BCUT2D eigenvalue weighted by molar-refractivity contribution is -0.0354. The lowest BCUT2D eigenvalue weighted by atomic mass is 9.48. The standard InChI is InChI=1S/C18H20N2O/c21-17(16-14-3-1-2-4-15(14)19-20-16)18-8-11-5-12(9-18)7-13(6-11)10-18/h1-4,11-13H,5-10H2,(H,19,20). The highest BCUT2D eigenvalue weighted by atomic mass is 16.1.